The van der Waals surface area contributed by atoms with Crippen molar-refractivity contribution in [2.45, 2.75) is 70.3 Å². The number of rotatable bonds is 8. The van der Waals surface area contributed by atoms with Gasteiger partial charge in [-0.15, -0.1) is 0 Å². The van der Waals surface area contributed by atoms with Gasteiger partial charge in [0.25, 0.3) is 11.8 Å². The van der Waals surface area contributed by atoms with Crippen LogP contribution in [0.25, 0.3) is 0 Å². The number of ether oxygens (including phenoxy) is 1. The molecule has 0 radical (unpaired) electrons. The number of benzene rings is 1. The molecular weight excluding hydrogens is 454 g/mol. The standard InChI is InChI=1S/C29H39N3O4/c1-21(2)32-18-24(27(34)30-17-22-9-5-3-6-10-22)26(33)25(19-32)28(35)31-20-29(13-15-36-16-14-29)23-11-7-4-8-12-23/h4,7-8,11-12,18-19,21-22H,3,5-6,9-10,13-17,20H2,1-2H3,(H,30,34)(H,31,35). The summed E-state index contributed by atoms with van der Waals surface area (Å²) in [6.07, 6.45) is 10.6. The van der Waals surface area contributed by atoms with Crippen LogP contribution in [-0.2, 0) is 10.2 Å². The van der Waals surface area contributed by atoms with Gasteiger partial charge >= 0.3 is 0 Å². The highest BCUT2D eigenvalue weighted by Crippen LogP contribution is 2.34. The molecule has 2 fully saturated rings. The first-order valence-corrected chi connectivity index (χ1v) is 13.3. The van der Waals surface area contributed by atoms with Crippen LogP contribution in [0.15, 0.2) is 47.5 Å². The summed E-state index contributed by atoms with van der Waals surface area (Å²) in [5, 5.41) is 5.98. The number of carbonyl (C=O) groups is 2. The van der Waals surface area contributed by atoms with Gasteiger partial charge in [-0.3, -0.25) is 14.4 Å². The third-order valence-corrected chi connectivity index (χ3v) is 7.83. The molecule has 0 unspecified atom stereocenters. The van der Waals surface area contributed by atoms with E-state index in [2.05, 4.69) is 22.8 Å². The Morgan fingerprint density at radius 2 is 1.58 bits per heavy atom. The third-order valence-electron chi connectivity index (χ3n) is 7.83. The number of hydrogen-bond donors (Lipinski definition) is 2. The van der Waals surface area contributed by atoms with Crippen molar-refractivity contribution in [3.8, 4) is 0 Å². The number of nitrogens with one attached hydrogen (secondary N) is 2. The Bertz CT molecular complexity index is 1100. The molecule has 7 nitrogen and oxygen atoms in total. The fourth-order valence-corrected chi connectivity index (χ4v) is 5.41. The van der Waals surface area contributed by atoms with Crippen LogP contribution in [0.1, 0.15) is 91.1 Å². The molecule has 1 saturated heterocycles. The summed E-state index contributed by atoms with van der Waals surface area (Å²) >= 11 is 0. The van der Waals surface area contributed by atoms with E-state index >= 15 is 0 Å². The highest BCUT2D eigenvalue weighted by molar-refractivity contribution is 5.99. The molecule has 2 amide bonds. The van der Waals surface area contributed by atoms with Gasteiger partial charge in [0.05, 0.1) is 0 Å². The summed E-state index contributed by atoms with van der Waals surface area (Å²) in [6.45, 7) is 6.14. The van der Waals surface area contributed by atoms with Crippen LogP contribution in [0.3, 0.4) is 0 Å². The van der Waals surface area contributed by atoms with Crippen molar-refractivity contribution >= 4 is 11.8 Å². The van der Waals surface area contributed by atoms with E-state index in [0.717, 1.165) is 31.2 Å². The molecule has 0 spiro atoms. The quantitative estimate of drug-likeness (QED) is 0.576. The number of pyridine rings is 1. The highest BCUT2D eigenvalue weighted by atomic mass is 16.5. The lowest BCUT2D eigenvalue weighted by Gasteiger charge is -2.38. The van der Waals surface area contributed by atoms with E-state index in [1.807, 2.05) is 32.0 Å². The molecule has 2 heterocycles. The van der Waals surface area contributed by atoms with Gasteiger partial charge in [-0.05, 0) is 51.0 Å². The lowest BCUT2D eigenvalue weighted by Crippen LogP contribution is -2.45. The third kappa shape index (κ3) is 6.06. The first-order valence-electron chi connectivity index (χ1n) is 13.3. The molecule has 2 aromatic rings. The Kier molecular flexibility index (Phi) is 8.62. The van der Waals surface area contributed by atoms with Crippen LogP contribution in [-0.4, -0.2) is 42.7 Å². The van der Waals surface area contributed by atoms with Crippen molar-refractivity contribution in [1.29, 1.82) is 0 Å². The van der Waals surface area contributed by atoms with Crippen molar-refractivity contribution in [2.24, 2.45) is 5.92 Å². The van der Waals surface area contributed by atoms with Crippen LogP contribution in [0.5, 0.6) is 0 Å². The molecule has 0 atom stereocenters. The highest BCUT2D eigenvalue weighted by Gasteiger charge is 2.35. The van der Waals surface area contributed by atoms with E-state index in [1.54, 1.807) is 17.0 Å². The minimum Gasteiger partial charge on any atom is -0.381 e. The van der Waals surface area contributed by atoms with Gasteiger partial charge < -0.3 is 19.9 Å². The summed E-state index contributed by atoms with van der Waals surface area (Å²) in [6, 6.07) is 10.2. The number of amides is 2. The molecule has 7 heteroatoms. The summed E-state index contributed by atoms with van der Waals surface area (Å²) in [7, 11) is 0. The molecule has 194 valence electrons. The normalized spacial score (nSPS) is 18.1. The van der Waals surface area contributed by atoms with Crippen LogP contribution in [0.4, 0.5) is 0 Å². The molecule has 1 aliphatic carbocycles. The average molecular weight is 494 g/mol. The number of carbonyl (C=O) groups excluding carboxylic acids is 2. The predicted molar refractivity (Wildman–Crippen MR) is 141 cm³/mol. The zero-order valence-electron chi connectivity index (χ0n) is 21.6. The molecule has 2 N–H and O–H groups in total. The predicted octanol–water partition coefficient (Wildman–Crippen LogP) is 4.22. The van der Waals surface area contributed by atoms with Gasteiger partial charge in [0.1, 0.15) is 11.1 Å². The summed E-state index contributed by atoms with van der Waals surface area (Å²) in [5.41, 5.74) is 0.414. The van der Waals surface area contributed by atoms with Crippen LogP contribution in [0, 0.1) is 5.92 Å². The Hall–Kier alpha value is -2.93. The fraction of sp³-hybridized carbons (Fsp3) is 0.552. The van der Waals surface area contributed by atoms with Crippen LogP contribution >= 0.6 is 0 Å². The van der Waals surface area contributed by atoms with Crippen molar-refractivity contribution < 1.29 is 14.3 Å². The van der Waals surface area contributed by atoms with Gasteiger partial charge in [-0.25, -0.2) is 0 Å². The maximum absolute atomic E-state index is 13.3. The Labute approximate surface area is 213 Å². The van der Waals surface area contributed by atoms with E-state index in [1.165, 1.54) is 19.3 Å². The summed E-state index contributed by atoms with van der Waals surface area (Å²) in [5.74, 6) is -0.395. The topological polar surface area (TPSA) is 89.4 Å². The largest absolute Gasteiger partial charge is 0.381 e. The second kappa shape index (κ2) is 11.9. The van der Waals surface area contributed by atoms with Gasteiger partial charge in [-0.1, -0.05) is 49.6 Å². The molecule has 1 aliphatic heterocycles. The van der Waals surface area contributed by atoms with Crippen LogP contribution < -0.4 is 16.1 Å². The molecule has 4 rings (SSSR count). The van der Waals surface area contributed by atoms with Gasteiger partial charge in [0.15, 0.2) is 0 Å². The first-order chi connectivity index (χ1) is 17.4. The molecule has 36 heavy (non-hydrogen) atoms. The molecule has 0 bridgehead atoms. The first kappa shape index (κ1) is 26.1. The minimum atomic E-state index is -0.522. The zero-order chi connectivity index (χ0) is 25.5. The van der Waals surface area contributed by atoms with Crippen molar-refractivity contribution in [3.05, 3.63) is 69.6 Å². The number of nitrogens with zero attached hydrogens (tertiary/aromatic N) is 1. The fourth-order valence-electron chi connectivity index (χ4n) is 5.41. The Morgan fingerprint density at radius 1 is 0.972 bits per heavy atom. The monoisotopic (exact) mass is 493 g/mol. The van der Waals surface area contributed by atoms with Gasteiger partial charge in [0.2, 0.25) is 5.43 Å². The lowest BCUT2D eigenvalue weighted by atomic mass is 9.74. The maximum atomic E-state index is 13.3. The summed E-state index contributed by atoms with van der Waals surface area (Å²) in [4.78, 5) is 39.7. The second-order valence-corrected chi connectivity index (χ2v) is 10.6. The van der Waals surface area contributed by atoms with Gasteiger partial charge in [0, 0.05) is 50.2 Å². The van der Waals surface area contributed by atoms with E-state index in [9.17, 15) is 14.4 Å². The Balaban J connectivity index is 1.53. The van der Waals surface area contributed by atoms with E-state index in [4.69, 9.17) is 4.74 Å². The lowest BCUT2D eigenvalue weighted by molar-refractivity contribution is 0.0487. The molecule has 1 aromatic heterocycles. The van der Waals surface area contributed by atoms with E-state index < -0.39 is 17.2 Å². The molecular formula is C29H39N3O4. The maximum Gasteiger partial charge on any atom is 0.256 e. The van der Waals surface area contributed by atoms with Crippen molar-refractivity contribution in [3.63, 3.8) is 0 Å². The number of hydrogen-bond acceptors (Lipinski definition) is 4. The Morgan fingerprint density at radius 3 is 2.19 bits per heavy atom. The zero-order valence-corrected chi connectivity index (χ0v) is 21.6. The summed E-state index contributed by atoms with van der Waals surface area (Å²) < 4.78 is 7.37. The minimum absolute atomic E-state index is 0.00397. The van der Waals surface area contributed by atoms with Crippen LogP contribution in [0.2, 0.25) is 0 Å². The van der Waals surface area contributed by atoms with Gasteiger partial charge in [-0.2, -0.15) is 0 Å². The second-order valence-electron chi connectivity index (χ2n) is 10.6. The average Bonchev–Trinajstić information content (AvgIpc) is 2.92. The van der Waals surface area contributed by atoms with E-state index in [0.29, 0.717) is 32.2 Å². The van der Waals surface area contributed by atoms with Crippen molar-refractivity contribution in [2.75, 3.05) is 26.3 Å². The molecule has 1 aromatic carbocycles. The molecule has 1 saturated carbocycles. The smallest absolute Gasteiger partial charge is 0.256 e. The number of aromatic nitrogens is 1. The molecule has 2 aliphatic rings. The van der Waals surface area contributed by atoms with E-state index in [-0.39, 0.29) is 22.6 Å². The SMILES string of the molecule is CC(C)n1cc(C(=O)NCC2CCCCC2)c(=O)c(C(=O)NCC2(c3ccccc3)CCOCC2)c1. The van der Waals surface area contributed by atoms with Crippen molar-refractivity contribution in [1.82, 2.24) is 15.2 Å².